The van der Waals surface area contributed by atoms with Crippen molar-refractivity contribution in [2.45, 2.75) is 19.4 Å². The predicted octanol–water partition coefficient (Wildman–Crippen LogP) is 3.65. The molecule has 4 aromatic rings. The third-order valence-electron chi connectivity index (χ3n) is 6.16. The molecule has 1 amide bonds. The zero-order valence-electron chi connectivity index (χ0n) is 17.2. The van der Waals surface area contributed by atoms with Gasteiger partial charge in [-0.3, -0.25) is 9.78 Å². The van der Waals surface area contributed by atoms with Crippen molar-refractivity contribution in [2.75, 3.05) is 18.8 Å². The number of hydrogen-bond acceptors (Lipinski definition) is 5. The minimum atomic E-state index is 0.0116. The highest BCUT2D eigenvalue weighted by atomic mass is 16.2. The van der Waals surface area contributed by atoms with Crippen LogP contribution in [0.15, 0.2) is 61.7 Å². The lowest BCUT2D eigenvalue weighted by Crippen LogP contribution is -2.38. The molecule has 4 heterocycles. The zero-order chi connectivity index (χ0) is 21.4. The third kappa shape index (κ3) is 3.52. The Labute approximate surface area is 180 Å². The molecule has 1 saturated heterocycles. The Morgan fingerprint density at radius 1 is 1.19 bits per heavy atom. The van der Waals surface area contributed by atoms with E-state index in [1.807, 2.05) is 11.0 Å². The molecule has 0 bridgehead atoms. The molecule has 31 heavy (non-hydrogen) atoms. The molecule has 7 heteroatoms. The van der Waals surface area contributed by atoms with Crippen molar-refractivity contribution < 1.29 is 4.79 Å². The van der Waals surface area contributed by atoms with Crippen molar-refractivity contribution >= 4 is 33.7 Å². The van der Waals surface area contributed by atoms with Gasteiger partial charge in [-0.2, -0.15) is 0 Å². The Morgan fingerprint density at radius 3 is 2.84 bits per heavy atom. The van der Waals surface area contributed by atoms with Crippen LogP contribution in [0.4, 0.5) is 5.82 Å². The number of nitrogens with two attached hydrogens (primary N) is 1. The van der Waals surface area contributed by atoms with Crippen molar-refractivity contribution in [3.8, 4) is 11.1 Å². The monoisotopic (exact) mass is 412 g/mol. The summed E-state index contributed by atoms with van der Waals surface area (Å²) in [5.41, 5.74) is 10.1. The van der Waals surface area contributed by atoms with Crippen LogP contribution in [0, 0.1) is 5.92 Å². The van der Waals surface area contributed by atoms with Crippen LogP contribution < -0.4 is 5.73 Å². The minimum absolute atomic E-state index is 0.0116. The average Bonchev–Trinajstić information content (AvgIpc) is 3.18. The lowest BCUT2D eigenvalue weighted by Gasteiger charge is -2.31. The fourth-order valence-corrected chi connectivity index (χ4v) is 4.48. The molecule has 0 radical (unpaired) electrons. The van der Waals surface area contributed by atoms with Crippen LogP contribution in [0.5, 0.6) is 0 Å². The molecule has 1 aliphatic heterocycles. The van der Waals surface area contributed by atoms with Gasteiger partial charge < -0.3 is 15.2 Å². The van der Waals surface area contributed by atoms with Crippen LogP contribution in [-0.4, -0.2) is 43.4 Å². The van der Waals surface area contributed by atoms with Gasteiger partial charge in [-0.05, 0) is 42.5 Å². The summed E-state index contributed by atoms with van der Waals surface area (Å²) in [6.07, 6.45) is 8.75. The Balaban J connectivity index is 1.49. The number of anilines is 1. The number of rotatable bonds is 4. The van der Waals surface area contributed by atoms with Crippen molar-refractivity contribution in [1.29, 1.82) is 0 Å². The van der Waals surface area contributed by atoms with Crippen LogP contribution in [0.25, 0.3) is 33.1 Å². The molecular weight excluding hydrogens is 388 g/mol. The van der Waals surface area contributed by atoms with Crippen LogP contribution >= 0.6 is 0 Å². The lowest BCUT2D eigenvalue weighted by atomic mass is 9.96. The average molecular weight is 412 g/mol. The molecule has 0 aliphatic carbocycles. The number of hydrogen-bond donors (Lipinski definition) is 1. The molecule has 0 unspecified atom stereocenters. The molecule has 1 fully saturated rings. The summed E-state index contributed by atoms with van der Waals surface area (Å²) in [5, 5.41) is 1.97. The molecule has 1 aliphatic rings. The van der Waals surface area contributed by atoms with Crippen LogP contribution in [0.1, 0.15) is 12.8 Å². The molecule has 0 atom stereocenters. The van der Waals surface area contributed by atoms with E-state index in [1.54, 1.807) is 6.20 Å². The number of nitrogen functional groups attached to an aromatic ring is 1. The first kappa shape index (κ1) is 19.2. The highest BCUT2D eigenvalue weighted by Crippen LogP contribution is 2.34. The lowest BCUT2D eigenvalue weighted by molar-refractivity contribution is -0.127. The van der Waals surface area contributed by atoms with E-state index in [9.17, 15) is 4.79 Å². The number of aromatic nitrogens is 4. The molecule has 1 aromatic carbocycles. The van der Waals surface area contributed by atoms with Gasteiger partial charge in [-0.15, -0.1) is 0 Å². The summed E-state index contributed by atoms with van der Waals surface area (Å²) in [5.74, 6) is 0.954. The number of amides is 1. The Hall–Kier alpha value is -3.74. The van der Waals surface area contributed by atoms with E-state index in [-0.39, 0.29) is 5.91 Å². The van der Waals surface area contributed by atoms with Crippen LogP contribution in [-0.2, 0) is 11.3 Å². The minimum Gasteiger partial charge on any atom is -0.383 e. The summed E-state index contributed by atoms with van der Waals surface area (Å²) in [7, 11) is 0. The Kier molecular flexibility index (Phi) is 4.86. The summed E-state index contributed by atoms with van der Waals surface area (Å²) in [4.78, 5) is 27.0. The number of nitrogens with zero attached hydrogens (tertiary/aromatic N) is 5. The number of piperidine rings is 1. The maximum Gasteiger partial charge on any atom is 0.245 e. The normalized spacial score (nSPS) is 14.9. The number of carbonyl (C=O) groups is 1. The highest BCUT2D eigenvalue weighted by Gasteiger charge is 2.23. The fourth-order valence-electron chi connectivity index (χ4n) is 4.48. The molecular formula is C24H24N6O. The van der Waals surface area contributed by atoms with E-state index < -0.39 is 0 Å². The maximum absolute atomic E-state index is 11.9. The smallest absolute Gasteiger partial charge is 0.245 e. The van der Waals surface area contributed by atoms with Gasteiger partial charge in [0.25, 0.3) is 0 Å². The second-order valence-corrected chi connectivity index (χ2v) is 8.04. The Morgan fingerprint density at radius 2 is 2.03 bits per heavy atom. The van der Waals surface area contributed by atoms with Crippen LogP contribution in [0.3, 0.4) is 0 Å². The van der Waals surface area contributed by atoms with Crippen molar-refractivity contribution in [3.05, 3.63) is 61.7 Å². The molecule has 5 rings (SSSR count). The summed E-state index contributed by atoms with van der Waals surface area (Å²) >= 11 is 0. The topological polar surface area (TPSA) is 89.9 Å². The first-order chi connectivity index (χ1) is 15.1. The number of likely N-dealkylation sites (tertiary alicyclic amines) is 1. The molecule has 0 saturated carbocycles. The van der Waals surface area contributed by atoms with Crippen LogP contribution in [0.2, 0.25) is 0 Å². The van der Waals surface area contributed by atoms with Gasteiger partial charge in [0.1, 0.15) is 17.8 Å². The zero-order valence-corrected chi connectivity index (χ0v) is 17.2. The van der Waals surface area contributed by atoms with Gasteiger partial charge in [0.15, 0.2) is 0 Å². The molecule has 3 aromatic heterocycles. The van der Waals surface area contributed by atoms with E-state index in [0.29, 0.717) is 11.7 Å². The SMILES string of the molecule is C=CC(=O)N1CCC(Cn2cc(-c3ccc4cccnc4c3)c3c(N)ncnc32)CC1. The second kappa shape index (κ2) is 7.83. The fraction of sp³-hybridized carbons (Fsp3) is 0.250. The standard InChI is InChI=1S/C24H24N6O/c1-2-21(31)29-10-7-16(8-11-29)13-30-14-19(22-23(25)27-15-28-24(22)30)18-6-5-17-4-3-9-26-20(17)12-18/h2-6,9,12,14-16H,1,7-8,10-11,13H2,(H2,25,27,28). The van der Waals surface area contributed by atoms with E-state index in [1.165, 1.54) is 12.4 Å². The van der Waals surface area contributed by atoms with E-state index in [0.717, 1.165) is 65.5 Å². The third-order valence-corrected chi connectivity index (χ3v) is 6.16. The second-order valence-electron chi connectivity index (χ2n) is 8.04. The number of benzene rings is 1. The summed E-state index contributed by atoms with van der Waals surface area (Å²) in [6.45, 7) is 5.94. The predicted molar refractivity (Wildman–Crippen MR) is 122 cm³/mol. The van der Waals surface area contributed by atoms with Crippen molar-refractivity contribution in [1.82, 2.24) is 24.4 Å². The van der Waals surface area contributed by atoms with Gasteiger partial charge >= 0.3 is 0 Å². The van der Waals surface area contributed by atoms with E-state index in [4.69, 9.17) is 5.73 Å². The molecule has 156 valence electrons. The van der Waals surface area contributed by atoms with Gasteiger partial charge in [0.2, 0.25) is 5.91 Å². The number of fused-ring (bicyclic) bond motifs is 2. The Bertz CT molecular complexity index is 1290. The molecule has 7 nitrogen and oxygen atoms in total. The quantitative estimate of drug-likeness (QED) is 0.517. The molecule has 0 spiro atoms. The maximum atomic E-state index is 11.9. The highest BCUT2D eigenvalue weighted by molar-refractivity contribution is 6.02. The van der Waals surface area contributed by atoms with Crippen molar-refractivity contribution in [2.24, 2.45) is 5.92 Å². The number of pyridine rings is 1. The summed E-state index contributed by atoms with van der Waals surface area (Å²) in [6, 6.07) is 10.2. The first-order valence-electron chi connectivity index (χ1n) is 10.5. The first-order valence-corrected chi connectivity index (χ1v) is 10.5. The summed E-state index contributed by atoms with van der Waals surface area (Å²) < 4.78 is 2.18. The van der Waals surface area contributed by atoms with E-state index in [2.05, 4.69) is 56.6 Å². The number of carbonyl (C=O) groups excluding carboxylic acids is 1. The van der Waals surface area contributed by atoms with Gasteiger partial charge in [-0.1, -0.05) is 24.8 Å². The van der Waals surface area contributed by atoms with Gasteiger partial charge in [0.05, 0.1) is 10.9 Å². The van der Waals surface area contributed by atoms with Gasteiger partial charge in [-0.25, -0.2) is 9.97 Å². The van der Waals surface area contributed by atoms with E-state index >= 15 is 0 Å². The molecule has 2 N–H and O–H groups in total. The van der Waals surface area contributed by atoms with Crippen molar-refractivity contribution in [3.63, 3.8) is 0 Å². The largest absolute Gasteiger partial charge is 0.383 e. The van der Waals surface area contributed by atoms with Gasteiger partial charge in [0, 0.05) is 43.0 Å².